The molecule has 0 spiro atoms. The van der Waals surface area contributed by atoms with E-state index < -0.39 is 0 Å². The first-order chi connectivity index (χ1) is 13.4. The normalized spacial score (nSPS) is 14.4. The van der Waals surface area contributed by atoms with Crippen LogP contribution in [-0.4, -0.2) is 43.8 Å². The summed E-state index contributed by atoms with van der Waals surface area (Å²) in [6.07, 6.45) is 0.850. The highest BCUT2D eigenvalue weighted by Crippen LogP contribution is 2.24. The second-order valence-electron chi connectivity index (χ2n) is 7.04. The lowest BCUT2D eigenvalue weighted by molar-refractivity contribution is 0.221. The molecule has 0 N–H and O–H groups in total. The molecule has 1 aliphatic rings. The summed E-state index contributed by atoms with van der Waals surface area (Å²) >= 11 is 3.52. The van der Waals surface area contributed by atoms with Crippen molar-refractivity contribution in [1.29, 1.82) is 0 Å². The van der Waals surface area contributed by atoms with E-state index in [0.29, 0.717) is 24.3 Å². The maximum atomic E-state index is 12.6. The Bertz CT molecular complexity index is 1180. The second kappa shape index (κ2) is 7.21. The number of benzene rings is 1. The Morgan fingerprint density at radius 2 is 1.96 bits per heavy atom. The van der Waals surface area contributed by atoms with Crippen molar-refractivity contribution in [2.24, 2.45) is 14.1 Å². The van der Waals surface area contributed by atoms with Crippen LogP contribution in [-0.2, 0) is 33.6 Å². The van der Waals surface area contributed by atoms with Crippen LogP contribution in [0.25, 0.3) is 11.2 Å². The summed E-state index contributed by atoms with van der Waals surface area (Å²) in [5, 5.41) is 0. The summed E-state index contributed by atoms with van der Waals surface area (Å²) in [6, 6.07) is 6.01. The first kappa shape index (κ1) is 18.9. The summed E-state index contributed by atoms with van der Waals surface area (Å²) in [5.74, 6) is 1.70. The summed E-state index contributed by atoms with van der Waals surface area (Å²) in [7, 11) is 4.84. The van der Waals surface area contributed by atoms with Gasteiger partial charge in [-0.1, -0.05) is 15.9 Å². The van der Waals surface area contributed by atoms with Crippen molar-refractivity contribution >= 4 is 27.1 Å². The number of nitrogens with zero attached hydrogens (tertiary/aromatic N) is 5. The van der Waals surface area contributed by atoms with Crippen molar-refractivity contribution in [3.8, 4) is 5.75 Å². The first-order valence-electron chi connectivity index (χ1n) is 9.10. The zero-order chi connectivity index (χ0) is 20.0. The van der Waals surface area contributed by atoms with Gasteiger partial charge in [-0.25, -0.2) is 9.78 Å². The molecule has 148 valence electrons. The molecule has 0 atom stereocenters. The third-order valence-corrected chi connectivity index (χ3v) is 5.86. The molecule has 9 heteroatoms. The fraction of sp³-hybridized carbons (Fsp3) is 0.421. The van der Waals surface area contributed by atoms with Gasteiger partial charge in [0, 0.05) is 38.2 Å². The van der Waals surface area contributed by atoms with Crippen molar-refractivity contribution < 1.29 is 4.74 Å². The highest BCUT2D eigenvalue weighted by Gasteiger charge is 2.24. The third kappa shape index (κ3) is 3.08. The molecule has 1 aliphatic heterocycles. The van der Waals surface area contributed by atoms with Gasteiger partial charge in [0.1, 0.15) is 11.6 Å². The average Bonchev–Trinajstić information content (AvgIpc) is 3.08. The highest BCUT2D eigenvalue weighted by atomic mass is 79.9. The van der Waals surface area contributed by atoms with Crippen LogP contribution in [0.5, 0.6) is 5.75 Å². The van der Waals surface area contributed by atoms with Gasteiger partial charge in [0.05, 0.1) is 13.7 Å². The Morgan fingerprint density at radius 3 is 2.71 bits per heavy atom. The molecule has 3 aromatic rings. The monoisotopic (exact) mass is 447 g/mol. The lowest BCUT2D eigenvalue weighted by Crippen LogP contribution is -2.39. The van der Waals surface area contributed by atoms with Crippen molar-refractivity contribution in [3.05, 3.63) is 54.9 Å². The molecule has 2 aromatic heterocycles. The zero-order valence-corrected chi connectivity index (χ0v) is 17.7. The van der Waals surface area contributed by atoms with Gasteiger partial charge in [0.15, 0.2) is 11.2 Å². The fourth-order valence-corrected chi connectivity index (χ4v) is 4.19. The molecule has 0 fully saturated rings. The van der Waals surface area contributed by atoms with E-state index in [-0.39, 0.29) is 11.2 Å². The Balaban J connectivity index is 1.60. The van der Waals surface area contributed by atoms with E-state index in [9.17, 15) is 9.59 Å². The first-order valence-corrected chi connectivity index (χ1v) is 9.90. The number of halogens is 1. The van der Waals surface area contributed by atoms with Crippen LogP contribution in [0, 0.1) is 0 Å². The predicted octanol–water partition coefficient (Wildman–Crippen LogP) is 1.26. The van der Waals surface area contributed by atoms with E-state index in [0.717, 1.165) is 45.7 Å². The second-order valence-corrected chi connectivity index (χ2v) is 7.96. The lowest BCUT2D eigenvalue weighted by Gasteiger charge is -2.27. The van der Waals surface area contributed by atoms with Crippen LogP contribution in [0.15, 0.2) is 32.3 Å². The summed E-state index contributed by atoms with van der Waals surface area (Å²) in [5.41, 5.74) is 1.47. The van der Waals surface area contributed by atoms with Gasteiger partial charge in [-0.2, -0.15) is 0 Å². The lowest BCUT2D eigenvalue weighted by atomic mass is 10.1. The van der Waals surface area contributed by atoms with Crippen LogP contribution >= 0.6 is 15.9 Å². The number of aromatic nitrogens is 4. The molecule has 0 saturated heterocycles. The highest BCUT2D eigenvalue weighted by molar-refractivity contribution is 9.10. The topological polar surface area (TPSA) is 74.3 Å². The van der Waals surface area contributed by atoms with Crippen LogP contribution in [0.2, 0.25) is 0 Å². The van der Waals surface area contributed by atoms with E-state index in [1.807, 2.05) is 16.7 Å². The van der Waals surface area contributed by atoms with Crippen LogP contribution in [0.1, 0.15) is 11.4 Å². The maximum absolute atomic E-state index is 12.6. The molecule has 0 bridgehead atoms. The van der Waals surface area contributed by atoms with Crippen molar-refractivity contribution in [1.82, 2.24) is 23.6 Å². The minimum Gasteiger partial charge on any atom is -0.496 e. The number of imidazole rings is 1. The predicted molar refractivity (Wildman–Crippen MR) is 110 cm³/mol. The molecule has 4 rings (SSSR count). The molecule has 0 aliphatic carbocycles. The van der Waals surface area contributed by atoms with Crippen molar-refractivity contribution in [2.45, 2.75) is 19.5 Å². The average molecular weight is 448 g/mol. The maximum Gasteiger partial charge on any atom is 0.332 e. The van der Waals surface area contributed by atoms with Gasteiger partial charge in [-0.15, -0.1) is 0 Å². The molecule has 0 saturated carbocycles. The molecular formula is C19H22BrN5O3. The Hall–Kier alpha value is -2.39. The van der Waals surface area contributed by atoms with Gasteiger partial charge in [-0.05, 0) is 30.2 Å². The smallest absolute Gasteiger partial charge is 0.332 e. The molecule has 0 amide bonds. The van der Waals surface area contributed by atoms with Gasteiger partial charge in [-0.3, -0.25) is 18.8 Å². The zero-order valence-electron chi connectivity index (χ0n) is 16.1. The minimum atomic E-state index is -0.355. The number of methoxy groups -OCH3 is 1. The van der Waals surface area contributed by atoms with Crippen molar-refractivity contribution in [2.75, 3.05) is 20.2 Å². The van der Waals surface area contributed by atoms with Crippen LogP contribution in [0.3, 0.4) is 0 Å². The Morgan fingerprint density at radius 1 is 1.18 bits per heavy atom. The third-order valence-electron chi connectivity index (χ3n) is 5.37. The van der Waals surface area contributed by atoms with Gasteiger partial charge < -0.3 is 9.30 Å². The Labute approximate surface area is 170 Å². The van der Waals surface area contributed by atoms with Gasteiger partial charge >= 0.3 is 5.69 Å². The van der Waals surface area contributed by atoms with E-state index in [1.165, 1.54) is 11.6 Å². The quantitative estimate of drug-likeness (QED) is 0.601. The molecule has 28 heavy (non-hydrogen) atoms. The Kier molecular flexibility index (Phi) is 4.88. The largest absolute Gasteiger partial charge is 0.496 e. The number of rotatable bonds is 4. The standard InChI is InChI=1S/C19H22BrN5O3/c1-22-17-16(18(26)23(2)19(22)27)25-9-8-24(11-15(25)21-17)7-6-12-10-13(20)4-5-14(12)28-3/h4-5,10H,6-9,11H2,1-3H3. The fourth-order valence-electron chi connectivity index (χ4n) is 3.79. The number of fused-ring (bicyclic) bond motifs is 3. The summed E-state index contributed by atoms with van der Waals surface area (Å²) in [6.45, 7) is 2.99. The summed E-state index contributed by atoms with van der Waals surface area (Å²) < 4.78 is 11.0. The van der Waals surface area contributed by atoms with Crippen molar-refractivity contribution in [3.63, 3.8) is 0 Å². The molecule has 0 unspecified atom stereocenters. The molecular weight excluding hydrogens is 426 g/mol. The SMILES string of the molecule is COc1ccc(Br)cc1CCN1CCn2c(nc3c2c(=O)n(C)c(=O)n3C)C1. The van der Waals surface area contributed by atoms with E-state index in [2.05, 4.69) is 31.9 Å². The number of ether oxygens (including phenoxy) is 1. The number of hydrogen-bond donors (Lipinski definition) is 0. The minimum absolute atomic E-state index is 0.288. The molecule has 3 heterocycles. The molecule has 8 nitrogen and oxygen atoms in total. The van der Waals surface area contributed by atoms with Gasteiger partial charge in [0.25, 0.3) is 5.56 Å². The van der Waals surface area contributed by atoms with E-state index >= 15 is 0 Å². The van der Waals surface area contributed by atoms with Gasteiger partial charge in [0.2, 0.25) is 0 Å². The van der Waals surface area contributed by atoms with Crippen LogP contribution < -0.4 is 16.0 Å². The van der Waals surface area contributed by atoms with E-state index in [1.54, 1.807) is 14.2 Å². The van der Waals surface area contributed by atoms with E-state index in [4.69, 9.17) is 4.74 Å². The number of aryl methyl sites for hydroxylation is 1. The number of hydrogen-bond acceptors (Lipinski definition) is 5. The molecule has 0 radical (unpaired) electrons. The van der Waals surface area contributed by atoms with Crippen LogP contribution in [0.4, 0.5) is 0 Å². The summed E-state index contributed by atoms with van der Waals surface area (Å²) in [4.78, 5) is 31.7. The molecule has 1 aromatic carbocycles.